The number of ether oxygens (including phenoxy) is 1. The molecule has 0 spiro atoms. The number of rotatable bonds is 6. The van der Waals surface area contributed by atoms with Crippen LogP contribution < -0.4 is 4.74 Å². The lowest BCUT2D eigenvalue weighted by Crippen LogP contribution is -2.23. The standard InChI is InChI=1S/C25H24O5S/c1-3-25(27,4-2)18-17-19-5-9-21(10-6-19)30-22-11-15-24(16-12-22)31(28,29)23-13-7-20(26)8-14-23/h5-16,26-27H,3-4H2,1-2H3. The maximum Gasteiger partial charge on any atom is 0.206 e. The second-order valence-electron chi connectivity index (χ2n) is 7.08. The fourth-order valence-corrected chi connectivity index (χ4v) is 4.07. The normalized spacial score (nSPS) is 11.5. The summed E-state index contributed by atoms with van der Waals surface area (Å²) in [4.78, 5) is 0.240. The Balaban J connectivity index is 1.72. The number of hydrogen-bond donors (Lipinski definition) is 2. The molecule has 0 unspecified atom stereocenters. The van der Waals surface area contributed by atoms with Gasteiger partial charge in [0.1, 0.15) is 22.8 Å². The van der Waals surface area contributed by atoms with E-state index in [1.807, 2.05) is 13.8 Å². The van der Waals surface area contributed by atoms with Crippen molar-refractivity contribution in [1.29, 1.82) is 0 Å². The zero-order valence-electron chi connectivity index (χ0n) is 17.4. The van der Waals surface area contributed by atoms with Crippen molar-refractivity contribution in [3.05, 3.63) is 78.4 Å². The maximum atomic E-state index is 12.7. The molecule has 0 amide bonds. The molecule has 3 rings (SSSR count). The number of sulfone groups is 1. The van der Waals surface area contributed by atoms with Crippen LogP contribution in [0.15, 0.2) is 82.6 Å². The molecule has 6 heteroatoms. The molecule has 0 atom stereocenters. The topological polar surface area (TPSA) is 83.8 Å². The zero-order chi connectivity index (χ0) is 22.5. The first kappa shape index (κ1) is 22.4. The highest BCUT2D eigenvalue weighted by Crippen LogP contribution is 2.27. The molecular formula is C25H24O5S. The summed E-state index contributed by atoms with van der Waals surface area (Å²) < 4.78 is 31.1. The Morgan fingerprint density at radius 3 is 1.74 bits per heavy atom. The molecule has 160 valence electrons. The molecule has 0 aliphatic carbocycles. The molecule has 0 fully saturated rings. The van der Waals surface area contributed by atoms with Gasteiger partial charge in [-0.3, -0.25) is 0 Å². The van der Waals surface area contributed by atoms with Crippen LogP contribution in [-0.4, -0.2) is 24.2 Å². The smallest absolute Gasteiger partial charge is 0.206 e. The molecule has 3 aromatic carbocycles. The first-order chi connectivity index (χ1) is 14.8. The quantitative estimate of drug-likeness (QED) is 0.536. The van der Waals surface area contributed by atoms with Crippen molar-refractivity contribution >= 4 is 9.84 Å². The van der Waals surface area contributed by atoms with E-state index in [0.29, 0.717) is 24.3 Å². The number of aromatic hydroxyl groups is 1. The van der Waals surface area contributed by atoms with Gasteiger partial charge < -0.3 is 14.9 Å². The van der Waals surface area contributed by atoms with Crippen LogP contribution in [0.25, 0.3) is 0 Å². The van der Waals surface area contributed by atoms with Crippen molar-refractivity contribution < 1.29 is 23.4 Å². The molecule has 2 N–H and O–H groups in total. The Hall–Kier alpha value is -3.27. The third-order valence-electron chi connectivity index (χ3n) is 4.98. The Morgan fingerprint density at radius 2 is 1.26 bits per heavy atom. The molecule has 0 aromatic heterocycles. The van der Waals surface area contributed by atoms with Gasteiger partial charge in [0.05, 0.1) is 9.79 Å². The predicted octanol–water partition coefficient (Wildman–Crippen LogP) is 4.92. The third-order valence-corrected chi connectivity index (χ3v) is 6.77. The minimum absolute atomic E-state index is 0.00566. The summed E-state index contributed by atoms with van der Waals surface area (Å²) in [5, 5.41) is 19.6. The van der Waals surface area contributed by atoms with Crippen LogP contribution in [0.5, 0.6) is 17.2 Å². The van der Waals surface area contributed by atoms with E-state index in [0.717, 1.165) is 5.56 Å². The number of aliphatic hydroxyl groups is 1. The van der Waals surface area contributed by atoms with Crippen LogP contribution in [-0.2, 0) is 9.84 Å². The van der Waals surface area contributed by atoms with E-state index >= 15 is 0 Å². The largest absolute Gasteiger partial charge is 0.508 e. The van der Waals surface area contributed by atoms with Gasteiger partial charge in [-0.25, -0.2) is 8.42 Å². The molecule has 3 aromatic rings. The Kier molecular flexibility index (Phi) is 6.69. The average Bonchev–Trinajstić information content (AvgIpc) is 2.79. The second-order valence-corrected chi connectivity index (χ2v) is 9.03. The average molecular weight is 437 g/mol. The first-order valence-electron chi connectivity index (χ1n) is 9.93. The summed E-state index contributed by atoms with van der Waals surface area (Å²) >= 11 is 0. The second kappa shape index (κ2) is 9.25. The monoisotopic (exact) mass is 436 g/mol. The Labute approximate surface area is 182 Å². The highest BCUT2D eigenvalue weighted by Gasteiger charge is 2.18. The van der Waals surface area contributed by atoms with Crippen molar-refractivity contribution in [2.45, 2.75) is 42.1 Å². The molecule has 0 heterocycles. The minimum atomic E-state index is -3.68. The van der Waals surface area contributed by atoms with E-state index in [2.05, 4.69) is 11.8 Å². The van der Waals surface area contributed by atoms with Crippen LogP contribution in [0.4, 0.5) is 0 Å². The van der Waals surface area contributed by atoms with Crippen LogP contribution >= 0.6 is 0 Å². The van der Waals surface area contributed by atoms with Gasteiger partial charge in [-0.1, -0.05) is 25.7 Å². The van der Waals surface area contributed by atoms with Gasteiger partial charge in [0, 0.05) is 5.56 Å². The lowest BCUT2D eigenvalue weighted by Gasteiger charge is -2.17. The summed E-state index contributed by atoms with van der Waals surface area (Å²) in [6.45, 7) is 3.80. The molecule has 0 radical (unpaired) electrons. The Bertz CT molecular complexity index is 1180. The number of hydrogen-bond acceptors (Lipinski definition) is 5. The maximum absolute atomic E-state index is 12.7. The number of benzene rings is 3. The van der Waals surface area contributed by atoms with Crippen molar-refractivity contribution in [2.75, 3.05) is 0 Å². The van der Waals surface area contributed by atoms with Crippen molar-refractivity contribution in [2.24, 2.45) is 0 Å². The molecule has 31 heavy (non-hydrogen) atoms. The summed E-state index contributed by atoms with van der Waals surface area (Å²) in [6.07, 6.45) is 1.13. The van der Waals surface area contributed by atoms with E-state index in [-0.39, 0.29) is 15.5 Å². The lowest BCUT2D eigenvalue weighted by atomic mass is 9.98. The van der Waals surface area contributed by atoms with E-state index in [4.69, 9.17) is 4.74 Å². The van der Waals surface area contributed by atoms with E-state index in [9.17, 15) is 18.6 Å². The molecule has 0 aliphatic heterocycles. The fourth-order valence-electron chi connectivity index (χ4n) is 2.81. The van der Waals surface area contributed by atoms with Gasteiger partial charge in [0.15, 0.2) is 0 Å². The van der Waals surface area contributed by atoms with Crippen LogP contribution in [0.2, 0.25) is 0 Å². The van der Waals surface area contributed by atoms with E-state index in [1.54, 1.807) is 36.4 Å². The molecule has 5 nitrogen and oxygen atoms in total. The van der Waals surface area contributed by atoms with Crippen LogP contribution in [0.3, 0.4) is 0 Å². The molecule has 0 bridgehead atoms. The summed E-state index contributed by atoms with van der Waals surface area (Å²) in [5.41, 5.74) is -0.208. The highest BCUT2D eigenvalue weighted by atomic mass is 32.2. The predicted molar refractivity (Wildman–Crippen MR) is 119 cm³/mol. The Morgan fingerprint density at radius 1 is 0.806 bits per heavy atom. The lowest BCUT2D eigenvalue weighted by molar-refractivity contribution is 0.0931. The number of phenolic OH excluding ortho intramolecular Hbond substituents is 1. The molecular weight excluding hydrogens is 412 g/mol. The highest BCUT2D eigenvalue weighted by molar-refractivity contribution is 7.91. The van der Waals surface area contributed by atoms with Gasteiger partial charge in [-0.2, -0.15) is 0 Å². The summed E-state index contributed by atoms with van der Waals surface area (Å²) in [6, 6.07) is 18.7. The molecule has 0 aliphatic rings. The number of phenols is 1. The van der Waals surface area contributed by atoms with Crippen molar-refractivity contribution in [1.82, 2.24) is 0 Å². The first-order valence-corrected chi connectivity index (χ1v) is 11.4. The zero-order valence-corrected chi connectivity index (χ0v) is 18.2. The van der Waals surface area contributed by atoms with Crippen molar-refractivity contribution in [3.63, 3.8) is 0 Å². The van der Waals surface area contributed by atoms with Crippen LogP contribution in [0, 0.1) is 11.8 Å². The van der Waals surface area contributed by atoms with E-state index in [1.165, 1.54) is 36.4 Å². The van der Waals surface area contributed by atoms with Gasteiger partial charge >= 0.3 is 0 Å². The van der Waals surface area contributed by atoms with Gasteiger partial charge in [-0.05, 0) is 85.6 Å². The van der Waals surface area contributed by atoms with Crippen LogP contribution in [0.1, 0.15) is 32.3 Å². The van der Waals surface area contributed by atoms with Gasteiger partial charge in [0.25, 0.3) is 0 Å². The molecule has 0 saturated heterocycles. The third kappa shape index (κ3) is 5.46. The van der Waals surface area contributed by atoms with Gasteiger partial charge in [-0.15, -0.1) is 0 Å². The SMILES string of the molecule is CCC(O)(C#Cc1ccc(Oc2ccc(S(=O)(=O)c3ccc(O)cc3)cc2)cc1)CC. The van der Waals surface area contributed by atoms with Gasteiger partial charge in [0.2, 0.25) is 9.84 Å². The fraction of sp³-hybridized carbons (Fsp3) is 0.200. The minimum Gasteiger partial charge on any atom is -0.508 e. The van der Waals surface area contributed by atoms with E-state index < -0.39 is 15.4 Å². The van der Waals surface area contributed by atoms with Crippen molar-refractivity contribution in [3.8, 4) is 29.1 Å². The molecule has 0 saturated carbocycles. The summed E-state index contributed by atoms with van der Waals surface area (Å²) in [7, 11) is -3.68. The summed E-state index contributed by atoms with van der Waals surface area (Å²) in [5.74, 6) is 6.98.